The summed E-state index contributed by atoms with van der Waals surface area (Å²) in [5.74, 6) is -2.19. The lowest BCUT2D eigenvalue weighted by Gasteiger charge is -2.33. The van der Waals surface area contributed by atoms with E-state index in [4.69, 9.17) is 0 Å². The quantitative estimate of drug-likeness (QED) is 0.355. The molecule has 3 amide bonds. The lowest BCUT2D eigenvalue weighted by molar-refractivity contribution is -0.274. The molecule has 0 spiro atoms. The van der Waals surface area contributed by atoms with Crippen LogP contribution in [0.5, 0.6) is 5.75 Å². The largest absolute Gasteiger partial charge is 0.573 e. The Morgan fingerprint density at radius 3 is 2.23 bits per heavy atom. The summed E-state index contributed by atoms with van der Waals surface area (Å²) in [5.41, 5.74) is 0.838. The number of alkyl halides is 3. The van der Waals surface area contributed by atoms with Gasteiger partial charge in [-0.3, -0.25) is 19.3 Å². The molecular weight excluding hydrogens is 515 g/mol. The number of hydrogen-bond acceptors (Lipinski definition) is 6. The maximum absolute atomic E-state index is 13.3. The standard InChI is InChI=1S/C28H34F3N3O5/c1-19(35)34(27(38)25(36)21-10-6-3-7-11-21)24(18-20-8-4-2-5-9-20)26(37)33-17-16-32-22-12-14-23(15-13-22)39-28(29,30)31/h3,6-7,10-15,20,24-25,32,36H,2,4-5,8-9,16-18H2,1H3,(H,33,37)/t24-,25-/m0/s1. The van der Waals surface area contributed by atoms with Gasteiger partial charge in [-0.05, 0) is 42.2 Å². The Kier molecular flexibility index (Phi) is 10.7. The summed E-state index contributed by atoms with van der Waals surface area (Å²) in [4.78, 5) is 40.1. The van der Waals surface area contributed by atoms with Crippen LogP contribution in [0.2, 0.25) is 0 Å². The minimum atomic E-state index is -4.78. The van der Waals surface area contributed by atoms with Crippen molar-refractivity contribution >= 4 is 23.4 Å². The van der Waals surface area contributed by atoms with Crippen LogP contribution < -0.4 is 15.4 Å². The molecule has 1 aliphatic carbocycles. The van der Waals surface area contributed by atoms with Crippen molar-refractivity contribution in [2.75, 3.05) is 18.4 Å². The predicted octanol–water partition coefficient (Wildman–Crippen LogP) is 4.56. The van der Waals surface area contributed by atoms with Crippen LogP contribution in [0.3, 0.4) is 0 Å². The minimum absolute atomic E-state index is 0.127. The van der Waals surface area contributed by atoms with Gasteiger partial charge in [0.2, 0.25) is 11.8 Å². The fourth-order valence-electron chi connectivity index (χ4n) is 4.79. The molecule has 0 bridgehead atoms. The zero-order valence-electron chi connectivity index (χ0n) is 21.7. The highest BCUT2D eigenvalue weighted by Crippen LogP contribution is 2.30. The van der Waals surface area contributed by atoms with Crippen LogP contribution in [0, 0.1) is 5.92 Å². The Morgan fingerprint density at radius 1 is 1.00 bits per heavy atom. The van der Waals surface area contributed by atoms with Crippen molar-refractivity contribution in [1.82, 2.24) is 10.2 Å². The fraction of sp³-hybridized carbons (Fsp3) is 0.464. The topological polar surface area (TPSA) is 108 Å². The molecule has 11 heteroatoms. The molecule has 1 fully saturated rings. The zero-order chi connectivity index (χ0) is 28.4. The zero-order valence-corrected chi connectivity index (χ0v) is 21.7. The van der Waals surface area contributed by atoms with Gasteiger partial charge >= 0.3 is 6.36 Å². The second kappa shape index (κ2) is 14.0. The molecule has 0 aromatic heterocycles. The van der Waals surface area contributed by atoms with E-state index in [-0.39, 0.29) is 24.8 Å². The lowest BCUT2D eigenvalue weighted by atomic mass is 9.84. The predicted molar refractivity (Wildman–Crippen MR) is 139 cm³/mol. The van der Waals surface area contributed by atoms with E-state index < -0.39 is 36.2 Å². The van der Waals surface area contributed by atoms with E-state index in [0.717, 1.165) is 37.0 Å². The second-order valence-electron chi connectivity index (χ2n) is 9.59. The van der Waals surface area contributed by atoms with Crippen LogP contribution in [0.15, 0.2) is 54.6 Å². The van der Waals surface area contributed by atoms with Crippen molar-refractivity contribution in [2.24, 2.45) is 5.92 Å². The van der Waals surface area contributed by atoms with Crippen molar-refractivity contribution in [3.05, 3.63) is 60.2 Å². The molecule has 0 aliphatic heterocycles. The van der Waals surface area contributed by atoms with E-state index in [2.05, 4.69) is 15.4 Å². The molecule has 2 aromatic carbocycles. The molecule has 8 nitrogen and oxygen atoms in total. The molecule has 1 aliphatic rings. The first-order valence-electron chi connectivity index (χ1n) is 13.0. The maximum atomic E-state index is 13.3. The molecule has 0 heterocycles. The number of amides is 3. The third-order valence-corrected chi connectivity index (χ3v) is 6.66. The molecule has 0 saturated heterocycles. The third kappa shape index (κ3) is 9.27. The number of nitrogens with one attached hydrogen (secondary N) is 2. The van der Waals surface area contributed by atoms with Gasteiger partial charge in [0.05, 0.1) is 0 Å². The van der Waals surface area contributed by atoms with E-state index in [1.54, 1.807) is 30.3 Å². The first kappa shape index (κ1) is 29.9. The van der Waals surface area contributed by atoms with Crippen LogP contribution in [0.1, 0.15) is 57.1 Å². The first-order valence-corrected chi connectivity index (χ1v) is 13.0. The first-order chi connectivity index (χ1) is 18.5. The van der Waals surface area contributed by atoms with Crippen molar-refractivity contribution in [3.63, 3.8) is 0 Å². The molecule has 2 atom stereocenters. The summed E-state index contributed by atoms with van der Waals surface area (Å²) in [6.45, 7) is 1.56. The molecule has 212 valence electrons. The summed E-state index contributed by atoms with van der Waals surface area (Å²) in [7, 11) is 0. The molecule has 0 radical (unpaired) electrons. The average Bonchev–Trinajstić information content (AvgIpc) is 2.91. The number of carbonyl (C=O) groups excluding carboxylic acids is 3. The summed E-state index contributed by atoms with van der Waals surface area (Å²) in [6, 6.07) is 12.3. The Bertz CT molecular complexity index is 1090. The Balaban J connectivity index is 1.66. The van der Waals surface area contributed by atoms with Crippen LogP contribution in [0.25, 0.3) is 0 Å². The summed E-state index contributed by atoms with van der Waals surface area (Å²) in [5, 5.41) is 16.4. The highest BCUT2D eigenvalue weighted by atomic mass is 19.4. The summed E-state index contributed by atoms with van der Waals surface area (Å²) in [6.07, 6.45) is -1.17. The lowest BCUT2D eigenvalue weighted by Crippen LogP contribution is -2.54. The van der Waals surface area contributed by atoms with Crippen LogP contribution in [0.4, 0.5) is 18.9 Å². The van der Waals surface area contributed by atoms with E-state index >= 15 is 0 Å². The molecule has 39 heavy (non-hydrogen) atoms. The number of nitrogens with zero attached hydrogens (tertiary/aromatic N) is 1. The van der Waals surface area contributed by atoms with Crippen LogP contribution in [-0.4, -0.2) is 53.2 Å². The van der Waals surface area contributed by atoms with Crippen LogP contribution >= 0.6 is 0 Å². The number of halogens is 3. The van der Waals surface area contributed by atoms with Gasteiger partial charge in [-0.15, -0.1) is 13.2 Å². The number of aliphatic hydroxyl groups is 1. The maximum Gasteiger partial charge on any atom is 0.573 e. The van der Waals surface area contributed by atoms with Gasteiger partial charge in [-0.25, -0.2) is 0 Å². The summed E-state index contributed by atoms with van der Waals surface area (Å²) >= 11 is 0. The Morgan fingerprint density at radius 2 is 1.64 bits per heavy atom. The Hall–Kier alpha value is -3.60. The molecule has 3 N–H and O–H groups in total. The van der Waals surface area contributed by atoms with E-state index in [1.165, 1.54) is 31.2 Å². The highest BCUT2D eigenvalue weighted by molar-refractivity contribution is 6.01. The number of imide groups is 1. The fourth-order valence-corrected chi connectivity index (χ4v) is 4.79. The highest BCUT2D eigenvalue weighted by Gasteiger charge is 2.38. The third-order valence-electron chi connectivity index (χ3n) is 6.66. The molecular formula is C28H34F3N3O5. The number of benzene rings is 2. The van der Waals surface area contributed by atoms with Gasteiger partial charge in [-0.2, -0.15) is 0 Å². The van der Waals surface area contributed by atoms with Crippen molar-refractivity contribution < 1.29 is 37.4 Å². The normalized spacial score (nSPS) is 15.6. The summed E-state index contributed by atoms with van der Waals surface area (Å²) < 4.78 is 40.8. The van der Waals surface area contributed by atoms with Crippen molar-refractivity contribution in [3.8, 4) is 5.75 Å². The average molecular weight is 550 g/mol. The monoisotopic (exact) mass is 549 g/mol. The van der Waals surface area contributed by atoms with Gasteiger partial charge in [-0.1, -0.05) is 62.4 Å². The number of rotatable bonds is 11. The van der Waals surface area contributed by atoms with Gasteiger partial charge in [0, 0.05) is 25.7 Å². The van der Waals surface area contributed by atoms with Crippen LogP contribution in [-0.2, 0) is 14.4 Å². The van der Waals surface area contributed by atoms with Crippen molar-refractivity contribution in [2.45, 2.75) is 64.0 Å². The molecule has 0 unspecified atom stereocenters. The van der Waals surface area contributed by atoms with Crippen molar-refractivity contribution in [1.29, 1.82) is 0 Å². The smallest absolute Gasteiger partial charge is 0.406 e. The molecule has 2 aromatic rings. The van der Waals surface area contributed by atoms with E-state index in [1.807, 2.05) is 0 Å². The number of carbonyl (C=O) groups is 3. The number of ether oxygens (including phenoxy) is 1. The van der Waals surface area contributed by atoms with E-state index in [0.29, 0.717) is 17.7 Å². The number of hydrogen-bond donors (Lipinski definition) is 3. The molecule has 3 rings (SSSR count). The number of anilines is 1. The van der Waals surface area contributed by atoms with Gasteiger partial charge in [0.25, 0.3) is 5.91 Å². The number of aliphatic hydroxyl groups excluding tert-OH is 1. The van der Waals surface area contributed by atoms with Gasteiger partial charge in [0.1, 0.15) is 11.8 Å². The van der Waals surface area contributed by atoms with E-state index in [9.17, 15) is 32.7 Å². The second-order valence-corrected chi connectivity index (χ2v) is 9.59. The molecule has 1 saturated carbocycles. The van der Waals surface area contributed by atoms with Gasteiger partial charge in [0.15, 0.2) is 6.10 Å². The SMILES string of the molecule is CC(=O)N(C(=O)[C@@H](O)c1ccccc1)[C@@H](CC1CCCCC1)C(=O)NCCNc1ccc(OC(F)(F)F)cc1. The minimum Gasteiger partial charge on any atom is -0.406 e. The van der Waals surface area contributed by atoms with Gasteiger partial charge < -0.3 is 20.5 Å². The Labute approximate surface area is 225 Å².